The van der Waals surface area contributed by atoms with Crippen LogP contribution in [0.3, 0.4) is 0 Å². The Morgan fingerprint density at radius 3 is 2.24 bits per heavy atom. The molecule has 4 aliphatic rings. The molecule has 2 saturated heterocycles. The van der Waals surface area contributed by atoms with Gasteiger partial charge in [-0.1, -0.05) is 11.6 Å². The largest absolute Gasteiger partial charge is 0.493 e. The first kappa shape index (κ1) is 26.1. The number of benzene rings is 1. The van der Waals surface area contributed by atoms with Crippen LogP contribution < -0.4 is 9.47 Å². The molecule has 0 aromatic heterocycles. The second kappa shape index (κ2) is 10.7. The second-order valence-corrected chi connectivity index (χ2v) is 11.4. The number of hydrogen-bond acceptors (Lipinski definition) is 8. The molecule has 3 fully saturated rings. The van der Waals surface area contributed by atoms with Crippen molar-refractivity contribution in [3.05, 3.63) is 23.3 Å². The van der Waals surface area contributed by atoms with Gasteiger partial charge in [0.2, 0.25) is 0 Å². The number of likely N-dealkylation sites (tertiary alicyclic amines) is 2. The van der Waals surface area contributed by atoms with Crippen molar-refractivity contribution in [2.24, 2.45) is 10.6 Å². The highest BCUT2D eigenvalue weighted by molar-refractivity contribution is 5.85. The molecule has 0 unspecified atom stereocenters. The molecule has 0 atom stereocenters. The molecule has 5 rings (SSSR count). The van der Waals surface area contributed by atoms with Crippen molar-refractivity contribution in [2.75, 3.05) is 46.0 Å². The van der Waals surface area contributed by atoms with Crippen LogP contribution in [0.15, 0.2) is 17.3 Å². The Morgan fingerprint density at radius 1 is 1.05 bits per heavy atom. The van der Waals surface area contributed by atoms with Crippen LogP contribution in [0.2, 0.25) is 0 Å². The van der Waals surface area contributed by atoms with Crippen LogP contribution in [0.1, 0.15) is 83.3 Å². The maximum atomic E-state index is 12.4. The second-order valence-electron chi connectivity index (χ2n) is 11.4. The normalized spacial score (nSPS) is 22.6. The van der Waals surface area contributed by atoms with Crippen LogP contribution in [-0.2, 0) is 20.9 Å². The van der Waals surface area contributed by atoms with Crippen LogP contribution in [0.5, 0.6) is 11.5 Å². The van der Waals surface area contributed by atoms with Gasteiger partial charge in [0.25, 0.3) is 0 Å². The third-order valence-corrected chi connectivity index (χ3v) is 8.53. The van der Waals surface area contributed by atoms with Gasteiger partial charge in [-0.15, -0.1) is 0 Å². The number of hydrogen-bond donors (Lipinski definition) is 0. The summed E-state index contributed by atoms with van der Waals surface area (Å²) in [5.41, 5.74) is 1.86. The predicted octanol–water partition coefficient (Wildman–Crippen LogP) is 4.70. The summed E-state index contributed by atoms with van der Waals surface area (Å²) in [6.07, 6.45) is 6.11. The minimum Gasteiger partial charge on any atom is -0.493 e. The van der Waals surface area contributed by atoms with Crippen molar-refractivity contribution in [2.45, 2.75) is 84.3 Å². The van der Waals surface area contributed by atoms with Gasteiger partial charge in [0.05, 0.1) is 31.7 Å². The Hall–Kier alpha value is -2.48. The predicted molar refractivity (Wildman–Crippen MR) is 142 cm³/mol. The van der Waals surface area contributed by atoms with E-state index in [0.29, 0.717) is 25.7 Å². The average Bonchev–Trinajstić information content (AvgIpc) is 3.26. The molecule has 1 aromatic carbocycles. The number of oxime groups is 1. The van der Waals surface area contributed by atoms with Crippen molar-refractivity contribution < 1.29 is 23.8 Å². The molecular weight excluding hydrogens is 470 g/mol. The van der Waals surface area contributed by atoms with Gasteiger partial charge in [-0.3, -0.25) is 9.69 Å². The van der Waals surface area contributed by atoms with Gasteiger partial charge in [0.15, 0.2) is 5.60 Å². The third kappa shape index (κ3) is 5.27. The minimum atomic E-state index is -0.396. The first-order valence-corrected chi connectivity index (χ1v) is 14.2. The minimum absolute atomic E-state index is 0.0777. The summed E-state index contributed by atoms with van der Waals surface area (Å²) in [6.45, 7) is 13.9. The number of carbonyl (C=O) groups excluding carboxylic acids is 1. The van der Waals surface area contributed by atoms with E-state index in [1.165, 1.54) is 30.4 Å². The van der Waals surface area contributed by atoms with Gasteiger partial charge in [-0.25, -0.2) is 0 Å². The monoisotopic (exact) mass is 513 g/mol. The van der Waals surface area contributed by atoms with Gasteiger partial charge < -0.3 is 23.9 Å². The average molecular weight is 514 g/mol. The summed E-state index contributed by atoms with van der Waals surface area (Å²) in [4.78, 5) is 23.1. The molecule has 8 nitrogen and oxygen atoms in total. The zero-order valence-electron chi connectivity index (χ0n) is 23.0. The highest BCUT2D eigenvalue weighted by atomic mass is 16.7. The quantitative estimate of drug-likeness (QED) is 0.443. The van der Waals surface area contributed by atoms with E-state index in [4.69, 9.17) is 19.0 Å². The van der Waals surface area contributed by atoms with E-state index in [9.17, 15) is 4.79 Å². The Morgan fingerprint density at radius 2 is 1.70 bits per heavy atom. The molecule has 37 heavy (non-hydrogen) atoms. The number of piperidine rings is 1. The fourth-order valence-electron chi connectivity index (χ4n) is 6.14. The lowest BCUT2D eigenvalue weighted by molar-refractivity contribution is -0.156. The van der Waals surface area contributed by atoms with Gasteiger partial charge in [-0.2, -0.15) is 0 Å². The van der Waals surface area contributed by atoms with Crippen molar-refractivity contribution in [3.63, 3.8) is 0 Å². The maximum absolute atomic E-state index is 12.4. The van der Waals surface area contributed by atoms with Gasteiger partial charge in [0, 0.05) is 38.3 Å². The van der Waals surface area contributed by atoms with Crippen molar-refractivity contribution in [3.8, 4) is 11.5 Å². The smallest absolute Gasteiger partial charge is 0.311 e. The van der Waals surface area contributed by atoms with Crippen LogP contribution in [0.4, 0.5) is 0 Å². The van der Waals surface area contributed by atoms with E-state index < -0.39 is 5.41 Å². The van der Waals surface area contributed by atoms with Crippen molar-refractivity contribution >= 4 is 11.8 Å². The molecular formula is C29H43N3O5. The van der Waals surface area contributed by atoms with E-state index in [0.717, 1.165) is 69.3 Å². The van der Waals surface area contributed by atoms with Gasteiger partial charge in [0.1, 0.15) is 17.3 Å². The molecule has 3 heterocycles. The zero-order chi connectivity index (χ0) is 26.0. The Bertz CT molecular complexity index is 980. The molecule has 1 aliphatic carbocycles. The summed E-state index contributed by atoms with van der Waals surface area (Å²) < 4.78 is 17.5. The summed E-state index contributed by atoms with van der Waals surface area (Å²) >= 11 is 0. The van der Waals surface area contributed by atoms with Gasteiger partial charge in [-0.05, 0) is 77.0 Å². The number of esters is 1. The number of carbonyl (C=O) groups is 1. The van der Waals surface area contributed by atoms with Crippen LogP contribution in [0.25, 0.3) is 0 Å². The SMILES string of the molecule is CCOC(=O)C1(C)CCN(C2=NOC3(C2)CN(Cc2cc(OCC)c(C4CCC4)c(OCC)c2)C3)CC1. The first-order chi connectivity index (χ1) is 17.9. The molecule has 0 bridgehead atoms. The van der Waals surface area contributed by atoms with Gasteiger partial charge >= 0.3 is 5.97 Å². The summed E-state index contributed by atoms with van der Waals surface area (Å²) in [6, 6.07) is 4.44. The molecule has 0 amide bonds. The van der Waals surface area contributed by atoms with E-state index >= 15 is 0 Å². The molecule has 8 heteroatoms. The third-order valence-electron chi connectivity index (χ3n) is 8.53. The fourth-order valence-corrected chi connectivity index (χ4v) is 6.14. The number of nitrogens with zero attached hydrogens (tertiary/aromatic N) is 3. The van der Waals surface area contributed by atoms with Crippen LogP contribution in [0, 0.1) is 5.41 Å². The number of rotatable bonds is 9. The lowest BCUT2D eigenvalue weighted by Crippen LogP contribution is -2.61. The van der Waals surface area contributed by atoms with E-state index in [-0.39, 0.29) is 11.6 Å². The highest BCUT2D eigenvalue weighted by Gasteiger charge is 2.51. The molecule has 1 saturated carbocycles. The molecule has 0 radical (unpaired) electrons. The van der Waals surface area contributed by atoms with E-state index in [2.05, 4.69) is 27.1 Å². The molecule has 1 spiro atoms. The first-order valence-electron chi connectivity index (χ1n) is 14.2. The number of amidine groups is 1. The summed E-state index contributed by atoms with van der Waals surface area (Å²) in [7, 11) is 0. The van der Waals surface area contributed by atoms with Crippen LogP contribution in [-0.4, -0.2) is 73.2 Å². The maximum Gasteiger partial charge on any atom is 0.311 e. The Labute approximate surface area is 221 Å². The zero-order valence-corrected chi connectivity index (χ0v) is 23.0. The molecule has 204 valence electrons. The highest BCUT2D eigenvalue weighted by Crippen LogP contribution is 2.47. The number of ether oxygens (including phenoxy) is 3. The van der Waals surface area contributed by atoms with E-state index in [1.807, 2.05) is 27.7 Å². The summed E-state index contributed by atoms with van der Waals surface area (Å²) in [5.74, 6) is 3.48. The molecule has 0 N–H and O–H groups in total. The topological polar surface area (TPSA) is 72.8 Å². The standard InChI is InChI=1S/C29H43N3O5/c1-5-34-23-15-21(16-24(35-6-2)26(23)22-9-8-10-22)18-31-19-29(20-31)17-25(30-37-29)32-13-11-28(4,12-14-32)27(33)36-7-3/h15-16,22H,5-14,17-20H2,1-4H3. The lowest BCUT2D eigenvalue weighted by Gasteiger charge is -2.46. The Kier molecular flexibility index (Phi) is 7.57. The van der Waals surface area contributed by atoms with Crippen molar-refractivity contribution in [1.29, 1.82) is 0 Å². The van der Waals surface area contributed by atoms with Crippen LogP contribution >= 0.6 is 0 Å². The molecule has 3 aliphatic heterocycles. The fraction of sp³-hybridized carbons (Fsp3) is 0.724. The van der Waals surface area contributed by atoms with Crippen molar-refractivity contribution in [1.82, 2.24) is 9.80 Å². The lowest BCUT2D eigenvalue weighted by atomic mass is 9.78. The Balaban J connectivity index is 1.17. The summed E-state index contributed by atoms with van der Waals surface area (Å²) in [5, 5.41) is 4.49. The van der Waals surface area contributed by atoms with E-state index in [1.54, 1.807) is 0 Å². The molecule has 1 aromatic rings.